The van der Waals surface area contributed by atoms with Gasteiger partial charge in [-0.25, -0.2) is 8.42 Å². The van der Waals surface area contributed by atoms with Gasteiger partial charge in [-0.2, -0.15) is 0 Å². The third kappa shape index (κ3) is 6.72. The molecule has 10 heteroatoms. The Labute approximate surface area is 293 Å². The fourth-order valence-electron chi connectivity index (χ4n) is 5.32. The van der Waals surface area contributed by atoms with Gasteiger partial charge in [-0.15, -0.1) is 56.7 Å². The molecule has 7 aromatic rings. The van der Waals surface area contributed by atoms with Gasteiger partial charge in [0.25, 0.3) is 0 Å². The van der Waals surface area contributed by atoms with Gasteiger partial charge in [0.05, 0.1) is 11.3 Å². The third-order valence-electron chi connectivity index (χ3n) is 7.72. The maximum Gasteiger partial charge on any atom is 0.307 e. The molecule has 5 heterocycles. The highest BCUT2D eigenvalue weighted by molar-refractivity contribution is 7.90. The lowest BCUT2D eigenvalue weighted by atomic mass is 10.1. The molecule has 0 fully saturated rings. The first-order valence-corrected chi connectivity index (χ1v) is 20.6. The molecule has 0 spiro atoms. The quantitative estimate of drug-likeness (QED) is 0.161. The van der Waals surface area contributed by atoms with Crippen LogP contribution in [-0.4, -0.2) is 25.7 Å². The van der Waals surface area contributed by atoms with Crippen molar-refractivity contribution in [1.29, 1.82) is 0 Å². The van der Waals surface area contributed by atoms with Crippen LogP contribution >= 0.6 is 56.7 Å². The summed E-state index contributed by atoms with van der Waals surface area (Å²) in [7, 11) is -3.26. The van der Waals surface area contributed by atoms with Crippen LogP contribution in [0.3, 0.4) is 0 Å². The number of carboxylic acids is 1. The molecule has 0 aliphatic carbocycles. The highest BCUT2D eigenvalue weighted by Gasteiger charge is 2.20. The normalized spacial score (nSPS) is 11.7. The average molecular weight is 729 g/mol. The summed E-state index contributed by atoms with van der Waals surface area (Å²) in [6, 6.07) is 32.6. The number of carboxylic acid groups (broad SMARTS) is 1. The average Bonchev–Trinajstić information content (AvgIpc) is 3.86. The first-order valence-electron chi connectivity index (χ1n) is 14.7. The minimum atomic E-state index is -3.26. The van der Waals surface area contributed by atoms with Crippen molar-refractivity contribution in [2.45, 2.75) is 25.2 Å². The Morgan fingerprint density at radius 1 is 0.574 bits per heavy atom. The fraction of sp³-hybridized carbons (Fsp3) is 0.108. The second-order valence-electron chi connectivity index (χ2n) is 11.3. The van der Waals surface area contributed by atoms with Gasteiger partial charge in [-0.3, -0.25) is 4.79 Å². The highest BCUT2D eigenvalue weighted by atomic mass is 32.2. The van der Waals surface area contributed by atoms with Gasteiger partial charge >= 0.3 is 5.97 Å². The third-order valence-corrected chi connectivity index (χ3v) is 15.4. The van der Waals surface area contributed by atoms with E-state index in [1.807, 2.05) is 35.6 Å². The van der Waals surface area contributed by atoms with Crippen molar-refractivity contribution in [2.75, 3.05) is 6.26 Å². The van der Waals surface area contributed by atoms with Crippen LogP contribution in [0.1, 0.15) is 16.7 Å². The summed E-state index contributed by atoms with van der Waals surface area (Å²) in [5, 5.41) is 9.74. The topological polar surface area (TPSA) is 71.4 Å². The molecule has 0 aliphatic heterocycles. The summed E-state index contributed by atoms with van der Waals surface area (Å²) >= 11 is 8.56. The van der Waals surface area contributed by atoms with E-state index in [4.69, 9.17) is 0 Å². The van der Waals surface area contributed by atoms with E-state index in [1.54, 1.807) is 57.5 Å². The Morgan fingerprint density at radius 2 is 1.04 bits per heavy atom. The molecule has 0 saturated heterocycles. The number of thiophene rings is 5. The molecule has 0 saturated carbocycles. The van der Waals surface area contributed by atoms with E-state index < -0.39 is 15.8 Å². The van der Waals surface area contributed by atoms with Gasteiger partial charge in [-0.05, 0) is 96.8 Å². The van der Waals surface area contributed by atoms with Crippen LogP contribution < -0.4 is 0 Å². The number of aliphatic carboxylic acids is 1. The second-order valence-corrected chi connectivity index (χ2v) is 18.7. The Hall–Kier alpha value is -3.64. The van der Waals surface area contributed by atoms with Gasteiger partial charge in [0.15, 0.2) is 9.84 Å². The number of aryl methyl sites for hydroxylation is 2. The number of benzene rings is 2. The Kier molecular flexibility index (Phi) is 8.67. The van der Waals surface area contributed by atoms with E-state index in [9.17, 15) is 18.3 Å². The molecule has 236 valence electrons. The van der Waals surface area contributed by atoms with Crippen LogP contribution in [0.5, 0.6) is 0 Å². The Bertz CT molecular complexity index is 2340. The standard InChI is InChI=1S/C37H28O4S6/c1-21-4-6-23(7-5-21)27-12-14-29(42-27)33-18-22(2)36(45-33)31-16-17-32(44-31)37-25(20-35(38)39)19-34(46-37)30-15-13-28(43-30)24-8-10-26(11-9-24)47(3,40)41/h4-19H,20H2,1-3H3,(H,38,39). The second kappa shape index (κ2) is 12.8. The molecule has 1 N–H and O–H groups in total. The van der Waals surface area contributed by atoms with Crippen LogP contribution in [-0.2, 0) is 21.1 Å². The first kappa shape index (κ1) is 31.9. The fourth-order valence-corrected chi connectivity index (χ4v) is 11.8. The summed E-state index contributed by atoms with van der Waals surface area (Å²) in [5.74, 6) is -0.857. The van der Waals surface area contributed by atoms with Crippen LogP contribution in [0.15, 0.2) is 102 Å². The molecular formula is C37H28O4S6. The Balaban J connectivity index is 1.17. The van der Waals surface area contributed by atoms with Crippen molar-refractivity contribution in [3.8, 4) is 59.9 Å². The molecule has 0 radical (unpaired) electrons. The van der Waals surface area contributed by atoms with Crippen LogP contribution in [0, 0.1) is 13.8 Å². The lowest BCUT2D eigenvalue weighted by Crippen LogP contribution is -1.99. The molecular weight excluding hydrogens is 701 g/mol. The number of rotatable bonds is 9. The molecule has 47 heavy (non-hydrogen) atoms. The van der Waals surface area contributed by atoms with Crippen molar-refractivity contribution in [3.05, 3.63) is 114 Å². The lowest BCUT2D eigenvalue weighted by molar-refractivity contribution is -0.136. The zero-order valence-electron chi connectivity index (χ0n) is 25.6. The minimum Gasteiger partial charge on any atom is -0.481 e. The van der Waals surface area contributed by atoms with E-state index in [0.29, 0.717) is 4.90 Å². The lowest BCUT2D eigenvalue weighted by Gasteiger charge is -2.00. The van der Waals surface area contributed by atoms with E-state index in [0.717, 1.165) is 35.5 Å². The summed E-state index contributed by atoms with van der Waals surface area (Å²) in [4.78, 5) is 23.5. The predicted octanol–water partition coefficient (Wildman–Crippen LogP) is 11.6. The minimum absolute atomic E-state index is 0.0475. The van der Waals surface area contributed by atoms with Gasteiger partial charge in [0.1, 0.15) is 0 Å². The molecule has 0 bridgehead atoms. The van der Waals surface area contributed by atoms with Crippen molar-refractivity contribution < 1.29 is 18.3 Å². The number of hydrogen-bond donors (Lipinski definition) is 1. The molecule has 0 atom stereocenters. The van der Waals surface area contributed by atoms with Gasteiger partial charge in [0, 0.05) is 55.0 Å². The monoisotopic (exact) mass is 728 g/mol. The molecule has 7 rings (SSSR count). The van der Waals surface area contributed by atoms with Crippen LogP contribution in [0.2, 0.25) is 0 Å². The molecule has 0 amide bonds. The molecule has 2 aromatic carbocycles. The first-order chi connectivity index (χ1) is 22.5. The van der Waals surface area contributed by atoms with Crippen LogP contribution in [0.4, 0.5) is 0 Å². The molecule has 0 aliphatic rings. The summed E-state index contributed by atoms with van der Waals surface area (Å²) < 4.78 is 23.7. The number of carbonyl (C=O) groups is 1. The maximum atomic E-state index is 11.9. The Morgan fingerprint density at radius 3 is 1.62 bits per heavy atom. The summed E-state index contributed by atoms with van der Waals surface area (Å²) in [6.07, 6.45) is 1.16. The van der Waals surface area contributed by atoms with E-state index in [1.165, 1.54) is 47.3 Å². The van der Waals surface area contributed by atoms with Gasteiger partial charge in [-0.1, -0.05) is 42.0 Å². The molecule has 4 nitrogen and oxygen atoms in total. The van der Waals surface area contributed by atoms with Crippen molar-refractivity contribution >= 4 is 72.5 Å². The van der Waals surface area contributed by atoms with Crippen molar-refractivity contribution in [2.24, 2.45) is 0 Å². The van der Waals surface area contributed by atoms with Gasteiger partial charge < -0.3 is 5.11 Å². The number of hydrogen-bond acceptors (Lipinski definition) is 8. The smallest absolute Gasteiger partial charge is 0.307 e. The molecule has 5 aromatic heterocycles. The SMILES string of the molecule is Cc1ccc(-c2ccc(-c3cc(C)c(-c4ccc(-c5sc(-c6ccc(-c7ccc(S(C)(=O)=O)cc7)s6)cc5CC(=O)O)s4)s3)s2)cc1. The maximum absolute atomic E-state index is 11.9. The van der Waals surface area contributed by atoms with Crippen LogP contribution in [0.25, 0.3) is 59.9 Å². The zero-order valence-corrected chi connectivity index (χ0v) is 30.5. The highest BCUT2D eigenvalue weighted by Crippen LogP contribution is 2.48. The van der Waals surface area contributed by atoms with E-state index in [2.05, 4.69) is 74.5 Å². The zero-order chi connectivity index (χ0) is 32.9. The summed E-state index contributed by atoms with van der Waals surface area (Å²) in [5.41, 5.74) is 5.47. The van der Waals surface area contributed by atoms with Crippen molar-refractivity contribution in [1.82, 2.24) is 0 Å². The van der Waals surface area contributed by atoms with E-state index in [-0.39, 0.29) is 6.42 Å². The largest absolute Gasteiger partial charge is 0.481 e. The van der Waals surface area contributed by atoms with E-state index >= 15 is 0 Å². The summed E-state index contributed by atoms with van der Waals surface area (Å²) in [6.45, 7) is 4.26. The number of sulfone groups is 1. The van der Waals surface area contributed by atoms with Crippen molar-refractivity contribution in [3.63, 3.8) is 0 Å². The molecule has 0 unspecified atom stereocenters. The van der Waals surface area contributed by atoms with Gasteiger partial charge in [0.2, 0.25) is 0 Å². The predicted molar refractivity (Wildman–Crippen MR) is 202 cm³/mol.